The number of unbranched alkanes of at least 4 members (excludes halogenated alkanes) is 2. The Morgan fingerprint density at radius 3 is 2.79 bits per heavy atom. The number of rotatable bonds is 8. The number of aliphatic hydroxyl groups is 1. The first-order chi connectivity index (χ1) is 11.8. The quantitative estimate of drug-likeness (QED) is 0.621. The summed E-state index contributed by atoms with van der Waals surface area (Å²) in [5.74, 6) is 1.31. The van der Waals surface area contributed by atoms with Crippen LogP contribution in [0.4, 0.5) is 5.82 Å². The molecule has 0 aliphatic carbocycles. The molecule has 0 saturated heterocycles. The molecule has 2 aromatic heterocycles. The highest BCUT2D eigenvalue weighted by Gasteiger charge is 2.18. The van der Waals surface area contributed by atoms with E-state index in [1.807, 2.05) is 29.0 Å². The Hall–Kier alpha value is -2.34. The first-order valence-corrected chi connectivity index (χ1v) is 8.56. The third-order valence-electron chi connectivity index (χ3n) is 4.07. The van der Waals surface area contributed by atoms with Gasteiger partial charge in [0.15, 0.2) is 5.82 Å². The van der Waals surface area contributed by atoms with Crippen molar-refractivity contribution in [3.63, 3.8) is 0 Å². The predicted octanol–water partition coefficient (Wildman–Crippen LogP) is 2.71. The van der Waals surface area contributed by atoms with Crippen LogP contribution in [0.5, 0.6) is 0 Å². The van der Waals surface area contributed by atoms with Gasteiger partial charge >= 0.3 is 0 Å². The topological polar surface area (TPSA) is 86.2 Å². The molecule has 24 heavy (non-hydrogen) atoms. The third kappa shape index (κ3) is 3.14. The number of nitrogen functional groups attached to an aromatic ring is 1. The molecule has 3 N–H and O–H groups in total. The molecule has 0 amide bonds. The molecule has 1 aromatic carbocycles. The van der Waals surface area contributed by atoms with Crippen LogP contribution in [0.15, 0.2) is 24.3 Å². The molecule has 3 rings (SSSR count). The van der Waals surface area contributed by atoms with Gasteiger partial charge < -0.3 is 15.7 Å². The Balaban J connectivity index is 2.11. The number of nitrogens with two attached hydrogens (primary N) is 1. The highest BCUT2D eigenvalue weighted by molar-refractivity contribution is 6.06. The molecule has 6 nitrogen and oxygen atoms in total. The molecule has 0 bridgehead atoms. The smallest absolute Gasteiger partial charge is 0.152 e. The van der Waals surface area contributed by atoms with Crippen molar-refractivity contribution in [2.24, 2.45) is 0 Å². The number of para-hydroxylation sites is 1. The molecule has 0 atom stereocenters. The zero-order valence-corrected chi connectivity index (χ0v) is 14.0. The van der Waals surface area contributed by atoms with Crippen LogP contribution in [0.3, 0.4) is 0 Å². The van der Waals surface area contributed by atoms with Gasteiger partial charge in [0.1, 0.15) is 23.5 Å². The van der Waals surface area contributed by atoms with Crippen LogP contribution in [-0.4, -0.2) is 33.0 Å². The van der Waals surface area contributed by atoms with E-state index in [-0.39, 0.29) is 6.61 Å². The van der Waals surface area contributed by atoms with Crippen LogP contribution in [0.1, 0.15) is 38.4 Å². The zero-order valence-electron chi connectivity index (χ0n) is 14.0. The van der Waals surface area contributed by atoms with Crippen molar-refractivity contribution in [1.82, 2.24) is 14.7 Å². The maximum atomic E-state index is 8.94. The average molecular weight is 328 g/mol. The fraction of sp³-hybridized carbons (Fsp3) is 0.444. The summed E-state index contributed by atoms with van der Waals surface area (Å²) < 4.78 is 1.82. The Morgan fingerprint density at radius 1 is 1.17 bits per heavy atom. The lowest BCUT2D eigenvalue weighted by Gasteiger charge is -2.12. The molecular weight excluding hydrogens is 304 g/mol. The van der Waals surface area contributed by atoms with Crippen molar-refractivity contribution in [3.05, 3.63) is 30.1 Å². The molecular formula is C18H24N4O2. The summed E-state index contributed by atoms with van der Waals surface area (Å²) in [6, 6.07) is 7.89. The van der Waals surface area contributed by atoms with Gasteiger partial charge in [0, 0.05) is 18.4 Å². The Kier molecular flexibility index (Phi) is 5.15. The van der Waals surface area contributed by atoms with Crippen molar-refractivity contribution in [2.75, 3.05) is 18.9 Å². The number of pyridine rings is 1. The number of aromatic nitrogens is 3. The molecule has 3 aromatic rings. The number of fused-ring (bicyclic) bond motifs is 3. The van der Waals surface area contributed by atoms with Crippen molar-refractivity contribution in [3.8, 4) is 0 Å². The second-order valence-electron chi connectivity index (χ2n) is 5.90. The van der Waals surface area contributed by atoms with Gasteiger partial charge in [-0.3, -0.25) is 0 Å². The normalized spacial score (nSPS) is 11.4. The molecule has 0 aliphatic rings. The zero-order chi connectivity index (χ0) is 16.9. The second kappa shape index (κ2) is 7.49. The van der Waals surface area contributed by atoms with Crippen LogP contribution >= 0.6 is 0 Å². The standard InChI is InChI=1S/C18H24N4O2/c1-2-3-10-15-21-16-17(22(15)24-12-7-6-11-23)13-8-4-5-9-14(13)20-18(16)19/h4-5,8-9,23H,2-3,6-7,10-12H2,1H3,(H2,19,20). The Bertz CT molecular complexity index is 829. The van der Waals surface area contributed by atoms with Gasteiger partial charge in [-0.15, -0.1) is 0 Å². The predicted molar refractivity (Wildman–Crippen MR) is 95.8 cm³/mol. The number of nitrogens with zero attached hydrogens (tertiary/aromatic N) is 3. The van der Waals surface area contributed by atoms with Crippen molar-refractivity contribution < 1.29 is 9.94 Å². The summed E-state index contributed by atoms with van der Waals surface area (Å²) in [6.07, 6.45) is 4.47. The number of anilines is 1. The fourth-order valence-electron chi connectivity index (χ4n) is 2.82. The lowest BCUT2D eigenvalue weighted by molar-refractivity contribution is 0.105. The molecule has 0 fully saturated rings. The first-order valence-electron chi connectivity index (χ1n) is 8.56. The van der Waals surface area contributed by atoms with Gasteiger partial charge in [-0.2, -0.15) is 4.73 Å². The lowest BCUT2D eigenvalue weighted by Crippen LogP contribution is -2.16. The molecule has 0 spiro atoms. The largest absolute Gasteiger partial charge is 0.412 e. The first kappa shape index (κ1) is 16.5. The van der Waals surface area contributed by atoms with E-state index in [9.17, 15) is 0 Å². The summed E-state index contributed by atoms with van der Waals surface area (Å²) in [7, 11) is 0. The van der Waals surface area contributed by atoms with Gasteiger partial charge in [-0.25, -0.2) is 9.97 Å². The van der Waals surface area contributed by atoms with Crippen LogP contribution in [0.2, 0.25) is 0 Å². The van der Waals surface area contributed by atoms with Gasteiger partial charge in [-0.05, 0) is 25.3 Å². The van der Waals surface area contributed by atoms with E-state index in [1.165, 1.54) is 0 Å². The molecule has 6 heteroatoms. The van der Waals surface area contributed by atoms with Gasteiger partial charge in [0.2, 0.25) is 0 Å². The minimum absolute atomic E-state index is 0.177. The highest BCUT2D eigenvalue weighted by atomic mass is 16.7. The molecule has 0 radical (unpaired) electrons. The number of hydrogen-bond acceptors (Lipinski definition) is 5. The van der Waals surface area contributed by atoms with Crippen LogP contribution in [-0.2, 0) is 6.42 Å². The second-order valence-corrected chi connectivity index (χ2v) is 5.90. The van der Waals surface area contributed by atoms with Gasteiger partial charge in [0.25, 0.3) is 0 Å². The summed E-state index contributed by atoms with van der Waals surface area (Å²) in [4.78, 5) is 15.2. The van der Waals surface area contributed by atoms with E-state index < -0.39 is 0 Å². The minimum atomic E-state index is 0.177. The highest BCUT2D eigenvalue weighted by Crippen LogP contribution is 2.28. The van der Waals surface area contributed by atoms with Gasteiger partial charge in [0.05, 0.1) is 5.52 Å². The van der Waals surface area contributed by atoms with Crippen LogP contribution in [0, 0.1) is 0 Å². The van der Waals surface area contributed by atoms with Crippen LogP contribution in [0.25, 0.3) is 21.9 Å². The Labute approximate surface area is 141 Å². The molecule has 128 valence electrons. The summed E-state index contributed by atoms with van der Waals surface area (Å²) in [5.41, 5.74) is 8.55. The van der Waals surface area contributed by atoms with E-state index in [2.05, 4.69) is 11.9 Å². The maximum absolute atomic E-state index is 8.94. The van der Waals surface area contributed by atoms with Crippen molar-refractivity contribution >= 4 is 27.8 Å². The molecule has 0 saturated carbocycles. The van der Waals surface area contributed by atoms with E-state index in [4.69, 9.17) is 20.7 Å². The molecule has 0 aliphatic heterocycles. The van der Waals surface area contributed by atoms with Crippen molar-refractivity contribution in [2.45, 2.75) is 39.0 Å². The Morgan fingerprint density at radius 2 is 2.00 bits per heavy atom. The third-order valence-corrected chi connectivity index (χ3v) is 4.07. The van der Waals surface area contributed by atoms with Crippen molar-refractivity contribution in [1.29, 1.82) is 0 Å². The van der Waals surface area contributed by atoms with E-state index in [0.29, 0.717) is 17.9 Å². The lowest BCUT2D eigenvalue weighted by atomic mass is 10.2. The summed E-state index contributed by atoms with van der Waals surface area (Å²) in [5, 5.41) is 9.93. The molecule has 0 unspecified atom stereocenters. The van der Waals surface area contributed by atoms with E-state index in [0.717, 1.165) is 54.3 Å². The monoisotopic (exact) mass is 328 g/mol. The fourth-order valence-corrected chi connectivity index (χ4v) is 2.82. The van der Waals surface area contributed by atoms with E-state index in [1.54, 1.807) is 0 Å². The van der Waals surface area contributed by atoms with Gasteiger partial charge in [-0.1, -0.05) is 31.5 Å². The summed E-state index contributed by atoms with van der Waals surface area (Å²) in [6.45, 7) is 2.86. The average Bonchev–Trinajstić information content (AvgIpc) is 2.96. The molecule has 2 heterocycles. The number of aliphatic hydroxyl groups excluding tert-OH is 1. The maximum Gasteiger partial charge on any atom is 0.152 e. The number of benzene rings is 1. The number of hydrogen-bond donors (Lipinski definition) is 2. The minimum Gasteiger partial charge on any atom is -0.412 e. The number of imidazole rings is 1. The summed E-state index contributed by atoms with van der Waals surface area (Å²) >= 11 is 0. The number of aryl methyl sites for hydroxylation is 1. The van der Waals surface area contributed by atoms with E-state index >= 15 is 0 Å². The SMILES string of the molecule is CCCCc1nc2c(N)nc3ccccc3c2n1OCCCCO. The van der Waals surface area contributed by atoms with Crippen LogP contribution < -0.4 is 10.6 Å².